The number of carbonyl (C=O) groups excluding carboxylic acids is 2. The molecule has 0 radical (unpaired) electrons. The molecule has 16 nitrogen and oxygen atoms in total. The van der Waals surface area contributed by atoms with Crippen molar-refractivity contribution in [3.63, 3.8) is 0 Å². The summed E-state index contributed by atoms with van der Waals surface area (Å²) >= 11 is 1.19. The number of hydrogen-bond donors (Lipinski definition) is 4. The number of aryl methyl sites for hydroxylation is 1. The Kier molecular flexibility index (Phi) is 11.5. The van der Waals surface area contributed by atoms with Crippen molar-refractivity contribution in [3.05, 3.63) is 134 Å². The number of phenols is 2. The van der Waals surface area contributed by atoms with E-state index in [1.807, 2.05) is 85.5 Å². The molecule has 3 aromatic heterocycles. The number of cyclic esters (lactones) is 1. The Morgan fingerprint density at radius 1 is 0.882 bits per heavy atom. The molecule has 1 fully saturated rings. The van der Waals surface area contributed by atoms with E-state index in [-0.39, 0.29) is 64.9 Å². The number of ether oxygens (including phenoxy) is 1. The average Bonchev–Trinajstić information content (AvgIpc) is 3.91. The predicted molar refractivity (Wildman–Crippen MR) is 254 cm³/mol. The van der Waals surface area contributed by atoms with E-state index < -0.39 is 11.6 Å². The number of amides is 1. The molecular formula is C51H49N7O9S. The van der Waals surface area contributed by atoms with Gasteiger partial charge in [0.1, 0.15) is 23.9 Å². The molecule has 3 aliphatic rings. The van der Waals surface area contributed by atoms with E-state index in [2.05, 4.69) is 22.0 Å². The summed E-state index contributed by atoms with van der Waals surface area (Å²) in [5.74, 6) is -0.133. The second kappa shape index (κ2) is 17.5. The van der Waals surface area contributed by atoms with E-state index in [9.17, 15) is 34.8 Å². The number of aliphatic hydroxyl groups is 1. The van der Waals surface area contributed by atoms with E-state index in [0.29, 0.717) is 85.2 Å². The summed E-state index contributed by atoms with van der Waals surface area (Å²) in [6, 6.07) is 25.0. The number of nitrogens with zero attached hydrogens (tertiary/aromatic N) is 7. The maximum atomic E-state index is 13.7. The van der Waals surface area contributed by atoms with E-state index in [4.69, 9.17) is 13.9 Å². The zero-order chi connectivity index (χ0) is 47.6. The largest absolute Gasteiger partial charge is 0.508 e. The lowest BCUT2D eigenvalue weighted by Gasteiger charge is -2.34. The molecule has 4 N–H and O–H groups in total. The third kappa shape index (κ3) is 7.69. The zero-order valence-electron chi connectivity index (χ0n) is 37.9. The van der Waals surface area contributed by atoms with E-state index in [1.54, 1.807) is 23.6 Å². The monoisotopic (exact) mass is 935 g/mol. The van der Waals surface area contributed by atoms with Gasteiger partial charge in [-0.15, -0.1) is 5.10 Å². The summed E-state index contributed by atoms with van der Waals surface area (Å²) in [7, 11) is 0. The highest BCUT2D eigenvalue weighted by molar-refractivity contribution is 7.95. The smallest absolute Gasteiger partial charge is 0.343 e. The highest BCUT2D eigenvalue weighted by atomic mass is 32.2. The Morgan fingerprint density at radius 3 is 2.34 bits per heavy atom. The molecule has 348 valence electrons. The minimum atomic E-state index is -1.89. The number of esters is 1. The van der Waals surface area contributed by atoms with Crippen LogP contribution in [0.4, 0.5) is 0 Å². The maximum absolute atomic E-state index is 13.7. The number of aromatic nitrogens is 5. The molecule has 1 unspecified atom stereocenters. The van der Waals surface area contributed by atoms with Gasteiger partial charge < -0.3 is 38.8 Å². The van der Waals surface area contributed by atoms with Crippen molar-refractivity contribution in [2.75, 3.05) is 26.2 Å². The highest BCUT2D eigenvalue weighted by Gasteiger charge is 2.45. The number of carbonyl (C=O) groups is 2. The van der Waals surface area contributed by atoms with Crippen molar-refractivity contribution in [1.82, 2.24) is 34.1 Å². The lowest BCUT2D eigenvalue weighted by atomic mass is 9.86. The van der Waals surface area contributed by atoms with Gasteiger partial charge in [-0.1, -0.05) is 44.9 Å². The summed E-state index contributed by atoms with van der Waals surface area (Å²) in [6.45, 7) is 11.0. The number of rotatable bonds is 11. The van der Waals surface area contributed by atoms with Gasteiger partial charge in [0, 0.05) is 65.8 Å². The van der Waals surface area contributed by atoms with Gasteiger partial charge >= 0.3 is 12.0 Å². The van der Waals surface area contributed by atoms with Gasteiger partial charge in [-0.25, -0.2) is 14.3 Å². The molecule has 0 bridgehead atoms. The first-order valence-corrected chi connectivity index (χ1v) is 23.4. The van der Waals surface area contributed by atoms with Crippen molar-refractivity contribution in [3.8, 4) is 51.7 Å². The molecule has 0 saturated carbocycles. The first kappa shape index (κ1) is 44.6. The lowest BCUT2D eigenvalue weighted by molar-refractivity contribution is -0.172. The first-order chi connectivity index (χ1) is 32.8. The Labute approximate surface area is 395 Å². The molecule has 1 amide bonds. The van der Waals surface area contributed by atoms with Crippen LogP contribution in [0.15, 0.2) is 94.6 Å². The van der Waals surface area contributed by atoms with Crippen LogP contribution in [-0.2, 0) is 41.2 Å². The van der Waals surface area contributed by atoms with Crippen LogP contribution in [0.2, 0.25) is 0 Å². The Morgan fingerprint density at radius 2 is 1.63 bits per heavy atom. The van der Waals surface area contributed by atoms with E-state index in [0.717, 1.165) is 32.5 Å². The number of hydrogen-bond acceptors (Lipinski definition) is 14. The molecule has 10 rings (SSSR count). The summed E-state index contributed by atoms with van der Waals surface area (Å²) in [4.78, 5) is 49.9. The van der Waals surface area contributed by atoms with Crippen LogP contribution >= 0.6 is 12.0 Å². The van der Waals surface area contributed by atoms with Crippen LogP contribution in [0.1, 0.15) is 83.8 Å². The van der Waals surface area contributed by atoms with Crippen LogP contribution < -0.4 is 9.74 Å². The molecule has 68 heavy (non-hydrogen) atoms. The standard InChI is InChI=1S/C51H49N7O9S/c1-5-34-36-21-32(13-16-41(36)52-45-38(34)26-57-42(45)23-40-39(48(57)62)27-66-49(63)51(40,65)6-2)67-68-33-14-9-30(10-15-33)47(61)56-19-17-55(18-20-56)25-29-7-11-31(12-8-29)58-46(53-54-50(58)64)37-22-35(28(3)4)43(59)24-44(37)60/h7-16,21-24,28,59-60,65H,5-6,17-20,25-27H2,1-4H3,(H,54,64). The van der Waals surface area contributed by atoms with Crippen molar-refractivity contribution in [2.45, 2.75) is 76.6 Å². The summed E-state index contributed by atoms with van der Waals surface area (Å²) in [5, 5.41) is 51.8. The van der Waals surface area contributed by atoms with Crippen molar-refractivity contribution in [1.29, 1.82) is 0 Å². The minimum absolute atomic E-state index is 0.0110. The predicted octanol–water partition coefficient (Wildman–Crippen LogP) is 7.17. The van der Waals surface area contributed by atoms with Crippen LogP contribution in [0.3, 0.4) is 0 Å². The maximum Gasteiger partial charge on any atom is 0.343 e. The van der Waals surface area contributed by atoms with Gasteiger partial charge in [0.25, 0.3) is 11.5 Å². The molecule has 6 heterocycles. The second-order valence-corrected chi connectivity index (χ2v) is 18.5. The number of pyridine rings is 2. The number of benzene rings is 4. The quantitative estimate of drug-likeness (QED) is 0.0750. The first-order valence-electron chi connectivity index (χ1n) is 22.6. The Balaban J connectivity index is 0.758. The fourth-order valence-electron chi connectivity index (χ4n) is 9.57. The molecule has 1 saturated heterocycles. The number of fused-ring (bicyclic) bond motifs is 5. The second-order valence-electron chi connectivity index (χ2n) is 17.7. The van der Waals surface area contributed by atoms with Gasteiger partial charge in [-0.3, -0.25) is 14.5 Å². The van der Waals surface area contributed by atoms with Crippen molar-refractivity contribution in [2.24, 2.45) is 0 Å². The van der Waals surface area contributed by atoms with Crippen LogP contribution in [-0.4, -0.2) is 92.6 Å². The van der Waals surface area contributed by atoms with Crippen LogP contribution in [0.25, 0.3) is 39.4 Å². The molecule has 0 spiro atoms. The number of piperazine rings is 1. The molecule has 1 atom stereocenters. The minimum Gasteiger partial charge on any atom is -0.508 e. The van der Waals surface area contributed by atoms with Crippen LogP contribution in [0.5, 0.6) is 23.3 Å². The summed E-state index contributed by atoms with van der Waals surface area (Å²) in [5.41, 5.74) is 5.52. The topological polar surface area (TPSA) is 206 Å². The molecule has 17 heteroatoms. The molecule has 0 aliphatic carbocycles. The fourth-order valence-corrected chi connectivity index (χ4v) is 10.1. The molecule has 4 aromatic carbocycles. The third-order valence-electron chi connectivity index (χ3n) is 13.4. The van der Waals surface area contributed by atoms with E-state index in [1.165, 1.54) is 22.7 Å². The van der Waals surface area contributed by atoms with Gasteiger partial charge in [0.15, 0.2) is 11.4 Å². The number of phenolic OH excluding ortho intramolecular Hbond substituents is 2. The fraction of sp³-hybridized carbons (Fsp3) is 0.294. The molecular weight excluding hydrogens is 887 g/mol. The van der Waals surface area contributed by atoms with Gasteiger partial charge in [-0.05, 0) is 102 Å². The molecule has 3 aliphatic heterocycles. The van der Waals surface area contributed by atoms with Crippen molar-refractivity contribution < 1.29 is 38.9 Å². The highest BCUT2D eigenvalue weighted by Crippen LogP contribution is 2.42. The summed E-state index contributed by atoms with van der Waals surface area (Å²) in [6.07, 6.45) is 0.751. The van der Waals surface area contributed by atoms with Crippen LogP contribution in [0, 0.1) is 0 Å². The van der Waals surface area contributed by atoms with Gasteiger partial charge in [0.2, 0.25) is 0 Å². The van der Waals surface area contributed by atoms with Crippen molar-refractivity contribution >= 4 is 34.8 Å². The Bertz CT molecular complexity index is 3220. The van der Waals surface area contributed by atoms with E-state index >= 15 is 0 Å². The lowest BCUT2D eigenvalue weighted by Crippen LogP contribution is -2.48. The van der Waals surface area contributed by atoms with Gasteiger partial charge in [0.05, 0.1) is 52.3 Å². The van der Waals surface area contributed by atoms with Gasteiger partial charge in [-0.2, -0.15) is 0 Å². The SMILES string of the molecule is CCc1c2c(nc3ccc(OSc4ccc(C(=O)N5CCN(Cc6ccc(-n7c(O)nnc7-c7cc(C(C)C)c(O)cc7O)cc6)CC5)cc4)cc13)-c1cc3c(c(=O)n1C2)COC(=O)C3(O)CC. The summed E-state index contributed by atoms with van der Waals surface area (Å²) < 4.78 is 14.5. The number of aromatic hydroxyl groups is 3. The Hall–Kier alpha value is -7.21. The third-order valence-corrected chi connectivity index (χ3v) is 14.1. The molecule has 7 aromatic rings. The average molecular weight is 936 g/mol. The normalized spacial score (nSPS) is 16.7. The zero-order valence-corrected chi connectivity index (χ0v) is 38.7.